The van der Waals surface area contributed by atoms with Crippen molar-refractivity contribution < 1.29 is 28.5 Å². The second-order valence-electron chi connectivity index (χ2n) is 6.82. The van der Waals surface area contributed by atoms with Crippen LogP contribution in [0.4, 0.5) is 5.69 Å². The van der Waals surface area contributed by atoms with E-state index in [1.165, 1.54) is 0 Å². The third-order valence-corrected chi connectivity index (χ3v) is 4.97. The number of hydrogen-bond donors (Lipinski definition) is 1. The van der Waals surface area contributed by atoms with E-state index in [0.717, 1.165) is 0 Å². The molecule has 0 spiro atoms. The van der Waals surface area contributed by atoms with Crippen LogP contribution in [0.25, 0.3) is 0 Å². The first kappa shape index (κ1) is 16.7. The van der Waals surface area contributed by atoms with E-state index >= 15 is 0 Å². The van der Waals surface area contributed by atoms with Crippen LogP contribution >= 0.6 is 0 Å². The largest absolute Gasteiger partial charge is 0.486 e. The SMILES string of the molecule is O=C(Nc1ccc2c(c1)OCCO2)C1CN(C(=O)c2ccc3c(c2)OCO3)C1. The average molecular weight is 382 g/mol. The van der Waals surface area contributed by atoms with Crippen LogP contribution in [0, 0.1) is 5.92 Å². The van der Waals surface area contributed by atoms with Gasteiger partial charge in [0.15, 0.2) is 23.0 Å². The van der Waals surface area contributed by atoms with Crippen LogP contribution in [0.3, 0.4) is 0 Å². The number of nitrogens with one attached hydrogen (secondary N) is 1. The van der Waals surface area contributed by atoms with E-state index in [-0.39, 0.29) is 24.5 Å². The van der Waals surface area contributed by atoms with E-state index in [2.05, 4.69) is 5.32 Å². The lowest BCUT2D eigenvalue weighted by atomic mass is 9.97. The number of carbonyl (C=O) groups excluding carboxylic acids is 2. The third-order valence-electron chi connectivity index (χ3n) is 4.97. The fourth-order valence-corrected chi connectivity index (χ4v) is 3.39. The Bertz CT molecular complexity index is 954. The molecule has 0 unspecified atom stereocenters. The van der Waals surface area contributed by atoms with Gasteiger partial charge in [-0.25, -0.2) is 0 Å². The molecule has 0 saturated carbocycles. The normalized spacial score (nSPS) is 17.1. The van der Waals surface area contributed by atoms with Crippen molar-refractivity contribution >= 4 is 17.5 Å². The highest BCUT2D eigenvalue weighted by Crippen LogP contribution is 2.34. The number of likely N-dealkylation sites (tertiary alicyclic amines) is 1. The van der Waals surface area contributed by atoms with Crippen molar-refractivity contribution in [2.75, 3.05) is 38.4 Å². The molecular formula is C20H18N2O6. The Hall–Kier alpha value is -3.42. The van der Waals surface area contributed by atoms with E-state index in [4.69, 9.17) is 18.9 Å². The molecule has 2 amide bonds. The molecule has 0 aromatic heterocycles. The van der Waals surface area contributed by atoms with Crippen LogP contribution in [-0.4, -0.2) is 49.8 Å². The van der Waals surface area contributed by atoms with Gasteiger partial charge in [-0.2, -0.15) is 0 Å². The topological polar surface area (TPSA) is 86.3 Å². The van der Waals surface area contributed by atoms with Gasteiger partial charge in [-0.15, -0.1) is 0 Å². The van der Waals surface area contributed by atoms with Gasteiger partial charge in [0, 0.05) is 30.4 Å². The van der Waals surface area contributed by atoms with Crippen molar-refractivity contribution in [1.29, 1.82) is 0 Å². The standard InChI is InChI=1S/C20H18N2O6/c23-19(21-14-2-4-15-18(8-14)26-6-5-25-15)13-9-22(10-13)20(24)12-1-3-16-17(7-12)28-11-27-16/h1-4,7-8,13H,5-6,9-11H2,(H,21,23). The number of carbonyl (C=O) groups is 2. The lowest BCUT2D eigenvalue weighted by molar-refractivity contribution is -0.123. The second kappa shape index (κ2) is 6.63. The minimum atomic E-state index is -0.244. The smallest absolute Gasteiger partial charge is 0.254 e. The molecule has 144 valence electrons. The van der Waals surface area contributed by atoms with Gasteiger partial charge in [-0.1, -0.05) is 0 Å². The molecule has 3 aliphatic heterocycles. The highest BCUT2D eigenvalue weighted by molar-refractivity contribution is 5.99. The predicted molar refractivity (Wildman–Crippen MR) is 98.0 cm³/mol. The van der Waals surface area contributed by atoms with Gasteiger partial charge in [0.2, 0.25) is 12.7 Å². The fraction of sp³-hybridized carbons (Fsp3) is 0.300. The van der Waals surface area contributed by atoms with Crippen LogP contribution in [0.15, 0.2) is 36.4 Å². The van der Waals surface area contributed by atoms with E-state index in [9.17, 15) is 9.59 Å². The fourth-order valence-electron chi connectivity index (χ4n) is 3.39. The zero-order valence-corrected chi connectivity index (χ0v) is 15.0. The lowest BCUT2D eigenvalue weighted by Gasteiger charge is -2.38. The van der Waals surface area contributed by atoms with E-state index < -0.39 is 0 Å². The molecule has 1 saturated heterocycles. The summed E-state index contributed by atoms with van der Waals surface area (Å²) in [7, 11) is 0. The van der Waals surface area contributed by atoms with Crippen molar-refractivity contribution in [1.82, 2.24) is 4.90 Å². The number of benzene rings is 2. The summed E-state index contributed by atoms with van der Waals surface area (Å²) >= 11 is 0. The summed E-state index contributed by atoms with van der Waals surface area (Å²) in [5, 5.41) is 2.88. The summed E-state index contributed by atoms with van der Waals surface area (Å²) in [5.41, 5.74) is 1.17. The van der Waals surface area contributed by atoms with Gasteiger partial charge in [-0.3, -0.25) is 9.59 Å². The van der Waals surface area contributed by atoms with Crippen molar-refractivity contribution in [3.8, 4) is 23.0 Å². The Balaban J connectivity index is 1.18. The van der Waals surface area contributed by atoms with Crippen LogP contribution in [-0.2, 0) is 4.79 Å². The molecule has 5 rings (SSSR count). The summed E-state index contributed by atoms with van der Waals surface area (Å²) in [6, 6.07) is 10.4. The molecule has 8 nitrogen and oxygen atoms in total. The van der Waals surface area contributed by atoms with Crippen LogP contribution in [0.2, 0.25) is 0 Å². The summed E-state index contributed by atoms with van der Waals surface area (Å²) < 4.78 is 21.6. The van der Waals surface area contributed by atoms with Gasteiger partial charge in [0.1, 0.15) is 13.2 Å². The van der Waals surface area contributed by atoms with Gasteiger partial charge < -0.3 is 29.2 Å². The molecule has 2 aromatic carbocycles. The number of amides is 2. The van der Waals surface area contributed by atoms with E-state index in [0.29, 0.717) is 60.6 Å². The van der Waals surface area contributed by atoms with Crippen LogP contribution in [0.5, 0.6) is 23.0 Å². The minimum absolute atomic E-state index is 0.119. The molecule has 28 heavy (non-hydrogen) atoms. The molecule has 2 aromatic rings. The first-order valence-electron chi connectivity index (χ1n) is 9.07. The van der Waals surface area contributed by atoms with Crippen LogP contribution < -0.4 is 24.3 Å². The van der Waals surface area contributed by atoms with Crippen molar-refractivity contribution in [3.63, 3.8) is 0 Å². The molecule has 0 radical (unpaired) electrons. The first-order chi connectivity index (χ1) is 13.7. The van der Waals surface area contributed by atoms with Crippen molar-refractivity contribution in [2.45, 2.75) is 0 Å². The molecule has 3 heterocycles. The first-order valence-corrected chi connectivity index (χ1v) is 9.07. The van der Waals surface area contributed by atoms with E-state index in [1.54, 1.807) is 41.3 Å². The van der Waals surface area contributed by atoms with E-state index in [1.807, 2.05) is 0 Å². The molecule has 0 aliphatic carbocycles. The minimum Gasteiger partial charge on any atom is -0.486 e. The number of anilines is 1. The van der Waals surface area contributed by atoms with Crippen molar-refractivity contribution in [2.24, 2.45) is 5.92 Å². The summed E-state index contributed by atoms with van der Waals surface area (Å²) in [4.78, 5) is 26.7. The highest BCUT2D eigenvalue weighted by Gasteiger charge is 2.36. The maximum atomic E-state index is 12.6. The number of fused-ring (bicyclic) bond motifs is 2. The average Bonchev–Trinajstić information content (AvgIpc) is 3.14. The van der Waals surface area contributed by atoms with Crippen molar-refractivity contribution in [3.05, 3.63) is 42.0 Å². The lowest BCUT2D eigenvalue weighted by Crippen LogP contribution is -2.54. The zero-order chi connectivity index (χ0) is 19.1. The Labute approximate surface area is 160 Å². The Kier molecular flexibility index (Phi) is 3.96. The summed E-state index contributed by atoms with van der Waals surface area (Å²) in [5.74, 6) is 2.01. The second-order valence-corrected chi connectivity index (χ2v) is 6.82. The zero-order valence-electron chi connectivity index (χ0n) is 15.0. The highest BCUT2D eigenvalue weighted by atomic mass is 16.7. The molecule has 0 atom stereocenters. The third kappa shape index (κ3) is 2.96. The molecule has 1 fully saturated rings. The summed E-state index contributed by atoms with van der Waals surface area (Å²) in [6.45, 7) is 1.93. The van der Waals surface area contributed by atoms with Crippen LogP contribution in [0.1, 0.15) is 10.4 Å². The molecule has 1 N–H and O–H groups in total. The quantitative estimate of drug-likeness (QED) is 0.873. The molecule has 3 aliphatic rings. The Morgan fingerprint density at radius 2 is 1.54 bits per heavy atom. The Morgan fingerprint density at radius 1 is 0.857 bits per heavy atom. The number of ether oxygens (including phenoxy) is 4. The van der Waals surface area contributed by atoms with Gasteiger partial charge in [-0.05, 0) is 30.3 Å². The van der Waals surface area contributed by atoms with Gasteiger partial charge in [0.25, 0.3) is 5.91 Å². The molecular weight excluding hydrogens is 364 g/mol. The molecule has 8 heteroatoms. The number of rotatable bonds is 3. The molecule has 0 bridgehead atoms. The van der Waals surface area contributed by atoms with Gasteiger partial charge in [0.05, 0.1) is 5.92 Å². The Morgan fingerprint density at radius 3 is 2.39 bits per heavy atom. The maximum Gasteiger partial charge on any atom is 0.254 e. The predicted octanol–water partition coefficient (Wildman–Crippen LogP) is 1.90. The number of nitrogens with zero attached hydrogens (tertiary/aromatic N) is 1. The number of hydrogen-bond acceptors (Lipinski definition) is 6. The monoisotopic (exact) mass is 382 g/mol. The van der Waals surface area contributed by atoms with Gasteiger partial charge >= 0.3 is 0 Å². The maximum absolute atomic E-state index is 12.6. The summed E-state index contributed by atoms with van der Waals surface area (Å²) in [6.07, 6.45) is 0.